The van der Waals surface area contributed by atoms with Gasteiger partial charge in [0.05, 0.1) is 5.02 Å². The maximum absolute atomic E-state index is 12.5. The number of hydrogen-bond donors (Lipinski definition) is 4. The lowest BCUT2D eigenvalue weighted by atomic mass is 9.92. The van der Waals surface area contributed by atoms with Crippen molar-refractivity contribution in [2.24, 2.45) is 5.73 Å². The summed E-state index contributed by atoms with van der Waals surface area (Å²) in [5, 5.41) is 15.7. The highest BCUT2D eigenvalue weighted by molar-refractivity contribution is 6.36. The molecule has 9 heteroatoms. The molecule has 2 aromatic rings. The van der Waals surface area contributed by atoms with Gasteiger partial charge in [-0.1, -0.05) is 35.3 Å². The molecule has 0 saturated heterocycles. The lowest BCUT2D eigenvalue weighted by Crippen LogP contribution is -2.33. The van der Waals surface area contributed by atoms with Crippen LogP contribution in [0, 0.1) is 0 Å². The zero-order valence-corrected chi connectivity index (χ0v) is 17.0. The van der Waals surface area contributed by atoms with Crippen LogP contribution in [0.2, 0.25) is 10.0 Å². The van der Waals surface area contributed by atoms with Crippen molar-refractivity contribution in [3.63, 3.8) is 0 Å². The first kappa shape index (κ1) is 21.4. The normalized spacial score (nSPS) is 16.7. The average Bonchev–Trinajstić information content (AvgIpc) is 2.66. The van der Waals surface area contributed by atoms with E-state index in [-0.39, 0.29) is 6.42 Å². The molecule has 1 atom stereocenters. The summed E-state index contributed by atoms with van der Waals surface area (Å²) in [4.78, 5) is 34.8. The van der Waals surface area contributed by atoms with E-state index in [1.54, 1.807) is 36.4 Å². The van der Waals surface area contributed by atoms with Gasteiger partial charge in [0.25, 0.3) is 0 Å². The molecule has 1 unspecified atom stereocenters. The van der Waals surface area contributed by atoms with Crippen molar-refractivity contribution in [2.45, 2.75) is 12.5 Å². The molecule has 0 spiro atoms. The van der Waals surface area contributed by atoms with E-state index < -0.39 is 23.8 Å². The number of rotatable bonds is 5. The molecule has 5 N–H and O–H groups in total. The number of carboxylic acid groups (broad SMARTS) is 1. The number of halogens is 2. The van der Waals surface area contributed by atoms with Gasteiger partial charge >= 0.3 is 5.97 Å². The lowest BCUT2D eigenvalue weighted by Gasteiger charge is -2.27. The molecular weight excluding hydrogens is 429 g/mol. The summed E-state index contributed by atoms with van der Waals surface area (Å²) in [6.07, 6.45) is 4.20. The van der Waals surface area contributed by atoms with E-state index in [1.807, 2.05) is 0 Å². The van der Waals surface area contributed by atoms with Gasteiger partial charge in [-0.15, -0.1) is 0 Å². The second kappa shape index (κ2) is 9.02. The molecule has 0 saturated carbocycles. The molecular formula is C21H17Cl2N3O4. The Balaban J connectivity index is 1.84. The number of aliphatic carboxylic acids is 1. The van der Waals surface area contributed by atoms with Gasteiger partial charge in [-0.25, -0.2) is 4.79 Å². The van der Waals surface area contributed by atoms with Crippen molar-refractivity contribution < 1.29 is 19.5 Å². The molecule has 0 aliphatic carbocycles. The molecule has 1 heterocycles. The van der Waals surface area contributed by atoms with E-state index in [9.17, 15) is 19.5 Å². The third-order valence-corrected chi connectivity index (χ3v) is 4.87. The predicted molar refractivity (Wildman–Crippen MR) is 117 cm³/mol. The van der Waals surface area contributed by atoms with Gasteiger partial charge in [0, 0.05) is 40.5 Å². The molecule has 30 heavy (non-hydrogen) atoms. The zero-order chi connectivity index (χ0) is 21.8. The summed E-state index contributed by atoms with van der Waals surface area (Å²) in [5.74, 6) is -2.04. The molecule has 0 aromatic heterocycles. The number of nitrogens with one attached hydrogen (secondary N) is 2. The zero-order valence-electron chi connectivity index (χ0n) is 15.5. The Morgan fingerprint density at radius 3 is 2.50 bits per heavy atom. The first-order valence-electron chi connectivity index (χ1n) is 8.81. The van der Waals surface area contributed by atoms with Crippen molar-refractivity contribution in [1.29, 1.82) is 0 Å². The number of primary amides is 1. The summed E-state index contributed by atoms with van der Waals surface area (Å²) in [5.41, 5.74) is 7.81. The molecule has 0 fully saturated rings. The number of nitrogens with two attached hydrogens (primary N) is 1. The van der Waals surface area contributed by atoms with Crippen LogP contribution in [0.4, 0.5) is 11.4 Å². The molecule has 0 radical (unpaired) electrons. The number of fused-ring (bicyclic) bond motifs is 1. The predicted octanol–water partition coefficient (Wildman–Crippen LogP) is 3.78. The second-order valence-corrected chi connectivity index (χ2v) is 7.41. The molecule has 1 aliphatic heterocycles. The monoisotopic (exact) mass is 445 g/mol. The van der Waals surface area contributed by atoms with Crippen LogP contribution in [-0.4, -0.2) is 28.9 Å². The molecule has 0 bridgehead atoms. The summed E-state index contributed by atoms with van der Waals surface area (Å²) in [7, 11) is 0. The fraction of sp³-hybridized carbons (Fsp3) is 0.0952. The molecule has 7 nitrogen and oxygen atoms in total. The van der Waals surface area contributed by atoms with Gasteiger partial charge in [-0.05, 0) is 41.5 Å². The highest BCUT2D eigenvalue weighted by atomic mass is 35.5. The van der Waals surface area contributed by atoms with E-state index >= 15 is 0 Å². The summed E-state index contributed by atoms with van der Waals surface area (Å²) < 4.78 is 0. The fourth-order valence-corrected chi connectivity index (χ4v) is 3.66. The van der Waals surface area contributed by atoms with Crippen LogP contribution >= 0.6 is 23.2 Å². The Morgan fingerprint density at radius 1 is 1.17 bits per heavy atom. The maximum atomic E-state index is 12.5. The van der Waals surface area contributed by atoms with Crippen LogP contribution in [0.15, 0.2) is 48.6 Å². The number of carboxylic acids is 1. The topological polar surface area (TPSA) is 122 Å². The summed E-state index contributed by atoms with van der Waals surface area (Å²) >= 11 is 12.3. The number of anilines is 2. The van der Waals surface area contributed by atoms with Crippen molar-refractivity contribution in [2.75, 3.05) is 10.6 Å². The third kappa shape index (κ3) is 5.20. The van der Waals surface area contributed by atoms with Gasteiger partial charge in [0.1, 0.15) is 6.04 Å². The van der Waals surface area contributed by atoms with Gasteiger partial charge in [-0.2, -0.15) is 0 Å². The minimum absolute atomic E-state index is 0.0773. The minimum Gasteiger partial charge on any atom is -0.480 e. The first-order valence-corrected chi connectivity index (χ1v) is 9.56. The fourth-order valence-electron chi connectivity index (χ4n) is 3.05. The largest absolute Gasteiger partial charge is 0.480 e. The Morgan fingerprint density at radius 2 is 1.87 bits per heavy atom. The average molecular weight is 446 g/mol. The quantitative estimate of drug-likeness (QED) is 0.521. The molecule has 3 rings (SSSR count). The van der Waals surface area contributed by atoms with Crippen molar-refractivity contribution in [3.8, 4) is 0 Å². The van der Waals surface area contributed by atoms with Crippen LogP contribution in [0.1, 0.15) is 17.5 Å². The van der Waals surface area contributed by atoms with Crippen LogP contribution in [0.25, 0.3) is 11.6 Å². The summed E-state index contributed by atoms with van der Waals surface area (Å²) in [6.45, 7) is 0. The number of carbonyl (C=O) groups excluding carboxylic acids is 2. The summed E-state index contributed by atoms with van der Waals surface area (Å²) in [6, 6.07) is 8.95. The number of hydrogen-bond acceptors (Lipinski definition) is 4. The SMILES string of the molecule is NC(=O)/C=C/c1ccc(NC(=O)/C=C2\CC(C(=O)O)Nc3cc(Cl)cc(Cl)c32)cc1. The standard InChI is InChI=1S/C21H17Cl2N3O4/c22-13-9-15(23)20-12(7-17(21(29)30)26-16(20)10-13)8-19(28)25-14-4-1-11(2-5-14)3-6-18(24)27/h1-6,8-10,17,26H,7H2,(H2,24,27)(H,25,28)(H,29,30)/b6-3+,12-8+. The van der Waals surface area contributed by atoms with E-state index in [2.05, 4.69) is 10.6 Å². The second-order valence-electron chi connectivity index (χ2n) is 6.57. The highest BCUT2D eigenvalue weighted by Crippen LogP contribution is 2.40. The first-order chi connectivity index (χ1) is 14.2. The molecule has 154 valence electrons. The van der Waals surface area contributed by atoms with Crippen molar-refractivity contribution >= 4 is 64.0 Å². The van der Waals surface area contributed by atoms with E-state index in [0.717, 1.165) is 5.56 Å². The molecule has 2 aromatic carbocycles. The Kier molecular flexibility index (Phi) is 6.44. The highest BCUT2D eigenvalue weighted by Gasteiger charge is 2.29. The van der Waals surface area contributed by atoms with E-state index in [1.165, 1.54) is 18.2 Å². The van der Waals surface area contributed by atoms with Crippen LogP contribution in [-0.2, 0) is 14.4 Å². The van der Waals surface area contributed by atoms with Crippen LogP contribution < -0.4 is 16.4 Å². The third-order valence-electron chi connectivity index (χ3n) is 4.35. The van der Waals surface area contributed by atoms with E-state index in [4.69, 9.17) is 28.9 Å². The van der Waals surface area contributed by atoms with Crippen LogP contribution in [0.5, 0.6) is 0 Å². The Bertz CT molecular complexity index is 1080. The van der Waals surface area contributed by atoms with Crippen molar-refractivity contribution in [1.82, 2.24) is 0 Å². The number of carbonyl (C=O) groups is 3. The van der Waals surface area contributed by atoms with Gasteiger partial charge < -0.3 is 21.5 Å². The number of amides is 2. The Labute approximate surface area is 182 Å². The lowest BCUT2D eigenvalue weighted by molar-refractivity contribution is -0.137. The van der Waals surface area contributed by atoms with Gasteiger partial charge in [0.15, 0.2) is 0 Å². The minimum atomic E-state index is -1.05. The Hall–Kier alpha value is -3.29. The molecule has 2 amide bonds. The van der Waals surface area contributed by atoms with Crippen molar-refractivity contribution in [3.05, 3.63) is 69.7 Å². The van der Waals surface area contributed by atoms with Crippen LogP contribution in [0.3, 0.4) is 0 Å². The van der Waals surface area contributed by atoms with E-state index in [0.29, 0.717) is 32.6 Å². The van der Waals surface area contributed by atoms with Gasteiger partial charge in [-0.3, -0.25) is 9.59 Å². The number of benzene rings is 2. The smallest absolute Gasteiger partial charge is 0.326 e. The molecule has 1 aliphatic rings. The van der Waals surface area contributed by atoms with Gasteiger partial charge in [0.2, 0.25) is 11.8 Å². The maximum Gasteiger partial charge on any atom is 0.326 e.